The summed E-state index contributed by atoms with van der Waals surface area (Å²) in [6.07, 6.45) is -0.185. The van der Waals surface area contributed by atoms with Crippen LogP contribution in [0.3, 0.4) is 0 Å². The first kappa shape index (κ1) is 23.7. The van der Waals surface area contributed by atoms with Crippen LogP contribution in [0.5, 0.6) is 11.5 Å². The first-order valence-corrected chi connectivity index (χ1v) is 12.1. The quantitative estimate of drug-likeness (QED) is 0.317. The van der Waals surface area contributed by atoms with Gasteiger partial charge in [-0.1, -0.05) is 60.7 Å². The van der Waals surface area contributed by atoms with Crippen molar-refractivity contribution in [3.05, 3.63) is 120 Å². The topological polar surface area (TPSA) is 110 Å². The number of aliphatic carboxylic acids is 1. The van der Waals surface area contributed by atoms with Crippen molar-refractivity contribution in [3.63, 3.8) is 0 Å². The SMILES string of the molecule is O=C(O)Cc1cccc(Oc2ccc(C(=O)c3ccccc3)cc2NS(=O)(=O)c2ccccc2)c1. The van der Waals surface area contributed by atoms with E-state index >= 15 is 0 Å². The number of hydrogen-bond donors (Lipinski definition) is 2. The molecule has 0 aliphatic rings. The fourth-order valence-corrected chi connectivity index (χ4v) is 4.50. The number of benzene rings is 4. The van der Waals surface area contributed by atoms with Crippen molar-refractivity contribution in [3.8, 4) is 11.5 Å². The highest BCUT2D eigenvalue weighted by Crippen LogP contribution is 2.33. The van der Waals surface area contributed by atoms with Crippen LogP contribution in [0.15, 0.2) is 108 Å². The fraction of sp³-hybridized carbons (Fsp3) is 0.0370. The van der Waals surface area contributed by atoms with E-state index in [2.05, 4.69) is 4.72 Å². The smallest absolute Gasteiger partial charge is 0.307 e. The maximum atomic E-state index is 13.0. The standard InChI is InChI=1S/C27H21NO6S/c29-26(30)17-19-8-7-11-22(16-19)34-25-15-14-21(27(31)20-9-3-1-4-10-20)18-24(25)28-35(32,33)23-12-5-2-6-13-23/h1-16,18,28H,17H2,(H,29,30). The van der Waals surface area contributed by atoms with Gasteiger partial charge in [0.1, 0.15) is 5.75 Å². The molecule has 0 atom stereocenters. The molecule has 0 aromatic heterocycles. The molecule has 8 heteroatoms. The molecule has 4 aromatic rings. The van der Waals surface area contributed by atoms with Crippen LogP contribution >= 0.6 is 0 Å². The highest BCUT2D eigenvalue weighted by atomic mass is 32.2. The molecule has 0 fully saturated rings. The van der Waals surface area contributed by atoms with Crippen LogP contribution in [0.1, 0.15) is 21.5 Å². The second kappa shape index (κ2) is 10.2. The predicted molar refractivity (Wildman–Crippen MR) is 131 cm³/mol. The van der Waals surface area contributed by atoms with Gasteiger partial charge >= 0.3 is 5.97 Å². The number of carboxylic acid groups (broad SMARTS) is 1. The number of ether oxygens (including phenoxy) is 1. The molecule has 0 bridgehead atoms. The van der Waals surface area contributed by atoms with E-state index in [0.29, 0.717) is 16.9 Å². The van der Waals surface area contributed by atoms with E-state index in [0.717, 1.165) is 0 Å². The van der Waals surface area contributed by atoms with E-state index in [1.807, 2.05) is 0 Å². The van der Waals surface area contributed by atoms with Crippen molar-refractivity contribution in [1.29, 1.82) is 0 Å². The largest absolute Gasteiger partial charge is 0.481 e. The molecule has 4 rings (SSSR count). The van der Waals surface area contributed by atoms with Gasteiger partial charge in [-0.05, 0) is 48.0 Å². The average Bonchev–Trinajstić information content (AvgIpc) is 2.85. The zero-order valence-electron chi connectivity index (χ0n) is 18.4. The molecule has 2 N–H and O–H groups in total. The van der Waals surface area contributed by atoms with Crippen LogP contribution in [0.4, 0.5) is 5.69 Å². The van der Waals surface area contributed by atoms with Crippen molar-refractivity contribution >= 4 is 27.5 Å². The lowest BCUT2D eigenvalue weighted by Crippen LogP contribution is -2.14. The summed E-state index contributed by atoms with van der Waals surface area (Å²) in [7, 11) is -3.98. The molecule has 176 valence electrons. The highest BCUT2D eigenvalue weighted by Gasteiger charge is 2.19. The maximum Gasteiger partial charge on any atom is 0.307 e. The van der Waals surface area contributed by atoms with Crippen LogP contribution < -0.4 is 9.46 Å². The lowest BCUT2D eigenvalue weighted by molar-refractivity contribution is -0.136. The third-order valence-corrected chi connectivity index (χ3v) is 6.44. The molecule has 0 amide bonds. The molecule has 0 unspecified atom stereocenters. The first-order valence-electron chi connectivity index (χ1n) is 10.6. The Labute approximate surface area is 202 Å². The zero-order valence-corrected chi connectivity index (χ0v) is 19.2. The molecule has 0 aliphatic heterocycles. The molecule has 0 aliphatic carbocycles. The zero-order chi connectivity index (χ0) is 24.8. The number of ketones is 1. The Bertz CT molecular complexity index is 1470. The average molecular weight is 488 g/mol. The maximum absolute atomic E-state index is 13.0. The summed E-state index contributed by atoms with van der Waals surface area (Å²) in [5, 5.41) is 9.05. The summed E-state index contributed by atoms with van der Waals surface area (Å²) in [6.45, 7) is 0. The monoisotopic (exact) mass is 487 g/mol. The van der Waals surface area contributed by atoms with Gasteiger partial charge in [0.05, 0.1) is 17.0 Å². The second-order valence-electron chi connectivity index (χ2n) is 7.64. The Morgan fingerprint density at radius 1 is 0.771 bits per heavy atom. The Morgan fingerprint density at radius 2 is 1.46 bits per heavy atom. The number of carboxylic acids is 1. The number of carbonyl (C=O) groups excluding carboxylic acids is 1. The number of sulfonamides is 1. The number of rotatable bonds is 9. The summed E-state index contributed by atoms with van der Waals surface area (Å²) in [5.74, 6) is -0.782. The summed E-state index contributed by atoms with van der Waals surface area (Å²) >= 11 is 0. The van der Waals surface area contributed by atoms with Gasteiger partial charge in [-0.2, -0.15) is 0 Å². The normalized spacial score (nSPS) is 11.0. The summed E-state index contributed by atoms with van der Waals surface area (Å²) in [4.78, 5) is 24.1. The summed E-state index contributed by atoms with van der Waals surface area (Å²) in [5.41, 5.74) is 1.32. The fourth-order valence-electron chi connectivity index (χ4n) is 3.42. The molecule has 0 radical (unpaired) electrons. The van der Waals surface area contributed by atoms with Gasteiger partial charge in [-0.3, -0.25) is 14.3 Å². The Balaban J connectivity index is 1.73. The molecule has 0 spiro atoms. The van der Waals surface area contributed by atoms with Crippen LogP contribution in [0.2, 0.25) is 0 Å². The minimum Gasteiger partial charge on any atom is -0.481 e. The van der Waals surface area contributed by atoms with E-state index in [9.17, 15) is 18.0 Å². The number of carbonyl (C=O) groups is 2. The molecule has 35 heavy (non-hydrogen) atoms. The number of nitrogens with one attached hydrogen (secondary N) is 1. The van der Waals surface area contributed by atoms with E-state index in [-0.39, 0.29) is 34.1 Å². The first-order chi connectivity index (χ1) is 16.8. The van der Waals surface area contributed by atoms with Crippen molar-refractivity contribution in [2.45, 2.75) is 11.3 Å². The molecule has 0 saturated carbocycles. The van der Waals surface area contributed by atoms with E-state index in [4.69, 9.17) is 9.84 Å². The Kier molecular flexibility index (Phi) is 6.93. The summed E-state index contributed by atoms with van der Waals surface area (Å²) < 4.78 is 34.5. The Morgan fingerprint density at radius 3 is 2.14 bits per heavy atom. The molecule has 4 aromatic carbocycles. The van der Waals surface area contributed by atoms with Gasteiger partial charge < -0.3 is 9.84 Å². The van der Waals surface area contributed by atoms with Crippen molar-refractivity contribution in [1.82, 2.24) is 0 Å². The van der Waals surface area contributed by atoms with Gasteiger partial charge in [0.15, 0.2) is 11.5 Å². The predicted octanol–water partition coefficient (Wildman–Crippen LogP) is 5.14. The molecule has 7 nitrogen and oxygen atoms in total. The minimum absolute atomic E-state index is 0.0502. The van der Waals surface area contributed by atoms with Gasteiger partial charge in [0.2, 0.25) is 0 Å². The van der Waals surface area contributed by atoms with Crippen LogP contribution in [-0.2, 0) is 21.2 Å². The highest BCUT2D eigenvalue weighted by molar-refractivity contribution is 7.92. The number of hydrogen-bond acceptors (Lipinski definition) is 5. The van der Waals surface area contributed by atoms with E-state index in [1.165, 1.54) is 24.3 Å². The van der Waals surface area contributed by atoms with Gasteiger partial charge in [-0.15, -0.1) is 0 Å². The van der Waals surface area contributed by atoms with Gasteiger partial charge in [-0.25, -0.2) is 8.42 Å². The van der Waals surface area contributed by atoms with Crippen molar-refractivity contribution in [2.75, 3.05) is 4.72 Å². The summed E-state index contributed by atoms with van der Waals surface area (Å²) in [6, 6.07) is 27.4. The Hall–Kier alpha value is -4.43. The van der Waals surface area contributed by atoms with Gasteiger partial charge in [0, 0.05) is 11.1 Å². The lowest BCUT2D eigenvalue weighted by Gasteiger charge is -2.15. The molecule has 0 saturated heterocycles. The van der Waals surface area contributed by atoms with Crippen LogP contribution in [0.25, 0.3) is 0 Å². The number of anilines is 1. The molecular weight excluding hydrogens is 466 g/mol. The lowest BCUT2D eigenvalue weighted by atomic mass is 10.0. The van der Waals surface area contributed by atoms with Crippen LogP contribution in [0, 0.1) is 0 Å². The van der Waals surface area contributed by atoms with Crippen molar-refractivity contribution < 1.29 is 27.9 Å². The van der Waals surface area contributed by atoms with E-state index < -0.39 is 16.0 Å². The molecule has 0 heterocycles. The minimum atomic E-state index is -3.98. The van der Waals surface area contributed by atoms with Crippen molar-refractivity contribution in [2.24, 2.45) is 0 Å². The third-order valence-electron chi connectivity index (χ3n) is 5.06. The van der Waals surface area contributed by atoms with Gasteiger partial charge in [0.25, 0.3) is 10.0 Å². The van der Waals surface area contributed by atoms with E-state index in [1.54, 1.807) is 78.9 Å². The van der Waals surface area contributed by atoms with Crippen LogP contribution in [-0.4, -0.2) is 25.3 Å². The third kappa shape index (κ3) is 5.93. The second-order valence-corrected chi connectivity index (χ2v) is 9.33. The molecular formula is C27H21NO6S.